The second-order valence-corrected chi connectivity index (χ2v) is 8.92. The van der Waals surface area contributed by atoms with Crippen molar-refractivity contribution in [1.82, 2.24) is 14.8 Å². The molecule has 0 radical (unpaired) electrons. The number of amides is 1. The molecule has 2 aliphatic rings. The van der Waals surface area contributed by atoms with Gasteiger partial charge in [0.05, 0.1) is 5.69 Å². The number of hydrogen-bond donors (Lipinski definition) is 1. The Bertz CT molecular complexity index is 1040. The van der Waals surface area contributed by atoms with E-state index in [1.54, 1.807) is 0 Å². The van der Waals surface area contributed by atoms with Crippen molar-refractivity contribution >= 4 is 34.7 Å². The summed E-state index contributed by atoms with van der Waals surface area (Å²) in [5.41, 5.74) is 4.95. The average molecular weight is 456 g/mol. The lowest BCUT2D eigenvalue weighted by atomic mass is 10.1. The molecule has 2 aliphatic heterocycles. The van der Waals surface area contributed by atoms with Crippen molar-refractivity contribution in [3.8, 4) is 0 Å². The number of aryl methyl sites for hydroxylation is 2. The number of aliphatic hydroxyl groups excluding tert-OH is 1. The predicted molar refractivity (Wildman–Crippen MR) is 129 cm³/mol. The number of rotatable bonds is 4. The Kier molecular flexibility index (Phi) is 6.31. The molecule has 1 aromatic carbocycles. The van der Waals surface area contributed by atoms with Crippen LogP contribution in [0.2, 0.25) is 5.02 Å². The van der Waals surface area contributed by atoms with Crippen molar-refractivity contribution in [2.24, 2.45) is 0 Å². The molecule has 0 aliphatic carbocycles. The van der Waals surface area contributed by atoms with Crippen LogP contribution < -0.4 is 9.80 Å². The molecule has 1 atom stereocenters. The second kappa shape index (κ2) is 9.00. The fraction of sp³-hybridized carbons (Fsp3) is 0.417. The molecular formula is C24H30ClN5O2. The summed E-state index contributed by atoms with van der Waals surface area (Å²) in [6.07, 6.45) is 0.907. The van der Waals surface area contributed by atoms with Crippen LogP contribution in [0.5, 0.6) is 0 Å². The first-order valence-corrected chi connectivity index (χ1v) is 11.3. The second-order valence-electron chi connectivity index (χ2n) is 8.49. The smallest absolute Gasteiger partial charge is 0.222 e. The maximum absolute atomic E-state index is 11.8. The Morgan fingerprint density at radius 3 is 2.47 bits per heavy atom. The molecule has 32 heavy (non-hydrogen) atoms. The molecule has 2 aromatic rings. The number of aliphatic hydroxyl groups is 1. The number of benzene rings is 1. The number of halogens is 1. The zero-order valence-corrected chi connectivity index (χ0v) is 19.6. The van der Waals surface area contributed by atoms with Gasteiger partial charge >= 0.3 is 0 Å². The van der Waals surface area contributed by atoms with Crippen LogP contribution in [0.15, 0.2) is 37.0 Å². The first-order valence-electron chi connectivity index (χ1n) is 10.9. The van der Waals surface area contributed by atoms with Crippen LogP contribution in [0.1, 0.15) is 23.6 Å². The van der Waals surface area contributed by atoms with Crippen molar-refractivity contribution < 1.29 is 9.90 Å². The van der Waals surface area contributed by atoms with Crippen molar-refractivity contribution in [3.05, 3.63) is 58.8 Å². The van der Waals surface area contributed by atoms with E-state index in [-0.39, 0.29) is 5.91 Å². The standard InChI is InChI=1S/C24H30ClN5O2/c1-16-13-17(2)23(26-15-16)28-9-7-27(8-10-28)18(3)21-6-5-20(25)14-22(21)30-12-11-29(19(4)31)24(30)32/h5-6,13-15,24,32H,3,7-12H2,1-2,4H3. The number of carbonyl (C=O) groups excluding carboxylic acids is 1. The van der Waals surface area contributed by atoms with Crippen LogP contribution in [0.3, 0.4) is 0 Å². The van der Waals surface area contributed by atoms with Crippen molar-refractivity contribution in [2.75, 3.05) is 49.1 Å². The van der Waals surface area contributed by atoms with E-state index in [4.69, 9.17) is 11.6 Å². The highest BCUT2D eigenvalue weighted by Crippen LogP contribution is 2.35. The highest BCUT2D eigenvalue weighted by Gasteiger charge is 2.34. The molecule has 0 bridgehead atoms. The minimum Gasteiger partial charge on any atom is -0.368 e. The van der Waals surface area contributed by atoms with Crippen LogP contribution in [-0.2, 0) is 4.79 Å². The van der Waals surface area contributed by atoms with E-state index in [2.05, 4.69) is 41.3 Å². The number of piperazine rings is 1. The topological polar surface area (TPSA) is 63.2 Å². The first-order chi connectivity index (χ1) is 15.3. The third kappa shape index (κ3) is 4.27. The predicted octanol–water partition coefficient (Wildman–Crippen LogP) is 3.09. The molecule has 4 rings (SSSR count). The van der Waals surface area contributed by atoms with E-state index in [0.717, 1.165) is 48.9 Å². The van der Waals surface area contributed by atoms with Crippen LogP contribution >= 0.6 is 11.6 Å². The van der Waals surface area contributed by atoms with Gasteiger partial charge in [-0.2, -0.15) is 0 Å². The van der Waals surface area contributed by atoms with Crippen molar-refractivity contribution in [3.63, 3.8) is 0 Å². The number of aromatic nitrogens is 1. The first kappa shape index (κ1) is 22.4. The van der Waals surface area contributed by atoms with E-state index < -0.39 is 6.35 Å². The molecule has 7 nitrogen and oxygen atoms in total. The van der Waals surface area contributed by atoms with E-state index in [1.807, 2.05) is 29.3 Å². The van der Waals surface area contributed by atoms with E-state index >= 15 is 0 Å². The lowest BCUT2D eigenvalue weighted by molar-refractivity contribution is -0.135. The molecule has 2 fully saturated rings. The molecule has 8 heteroatoms. The van der Waals surface area contributed by atoms with E-state index in [9.17, 15) is 9.90 Å². The van der Waals surface area contributed by atoms with Gasteiger partial charge < -0.3 is 19.8 Å². The van der Waals surface area contributed by atoms with E-state index in [0.29, 0.717) is 18.1 Å². The average Bonchev–Trinajstić information content (AvgIpc) is 3.15. The van der Waals surface area contributed by atoms with Gasteiger partial charge in [-0.3, -0.25) is 9.69 Å². The fourth-order valence-corrected chi connectivity index (χ4v) is 4.73. The Morgan fingerprint density at radius 2 is 1.84 bits per heavy atom. The number of nitrogens with zero attached hydrogens (tertiary/aromatic N) is 5. The summed E-state index contributed by atoms with van der Waals surface area (Å²) >= 11 is 6.30. The molecule has 0 saturated carbocycles. The summed E-state index contributed by atoms with van der Waals surface area (Å²) in [6.45, 7) is 14.3. The van der Waals surface area contributed by atoms with Gasteiger partial charge in [-0.05, 0) is 43.2 Å². The van der Waals surface area contributed by atoms with Gasteiger partial charge in [-0.15, -0.1) is 0 Å². The molecule has 0 spiro atoms. The summed E-state index contributed by atoms with van der Waals surface area (Å²) in [5.74, 6) is 0.885. The minimum atomic E-state index is -1.01. The summed E-state index contributed by atoms with van der Waals surface area (Å²) in [6, 6.07) is 7.79. The molecule has 1 N–H and O–H groups in total. The summed E-state index contributed by atoms with van der Waals surface area (Å²) in [7, 11) is 0. The van der Waals surface area contributed by atoms with Gasteiger partial charge in [0.2, 0.25) is 12.3 Å². The van der Waals surface area contributed by atoms with Gasteiger partial charge in [-0.25, -0.2) is 4.98 Å². The van der Waals surface area contributed by atoms with Gasteiger partial charge in [0, 0.05) is 68.7 Å². The highest BCUT2D eigenvalue weighted by atomic mass is 35.5. The summed E-state index contributed by atoms with van der Waals surface area (Å²) in [4.78, 5) is 24.3. The Morgan fingerprint density at radius 1 is 1.12 bits per heavy atom. The molecule has 1 aromatic heterocycles. The quantitative estimate of drug-likeness (QED) is 0.764. The molecule has 1 amide bonds. The summed E-state index contributed by atoms with van der Waals surface area (Å²) < 4.78 is 0. The Hall–Kier alpha value is -2.77. The summed E-state index contributed by atoms with van der Waals surface area (Å²) in [5, 5.41) is 11.3. The molecule has 3 heterocycles. The molecule has 170 valence electrons. The largest absolute Gasteiger partial charge is 0.368 e. The Labute approximate surface area is 194 Å². The number of pyridine rings is 1. The lowest BCUT2D eigenvalue weighted by Crippen LogP contribution is -2.46. The lowest BCUT2D eigenvalue weighted by Gasteiger charge is -2.39. The number of anilines is 2. The van der Waals surface area contributed by atoms with Gasteiger partial charge in [0.25, 0.3) is 0 Å². The zero-order valence-electron chi connectivity index (χ0n) is 18.9. The maximum Gasteiger partial charge on any atom is 0.222 e. The van der Waals surface area contributed by atoms with Crippen LogP contribution in [0.25, 0.3) is 5.70 Å². The monoisotopic (exact) mass is 455 g/mol. The van der Waals surface area contributed by atoms with Crippen molar-refractivity contribution in [1.29, 1.82) is 0 Å². The minimum absolute atomic E-state index is 0.154. The van der Waals surface area contributed by atoms with Gasteiger partial charge in [-0.1, -0.05) is 24.2 Å². The van der Waals surface area contributed by atoms with E-state index in [1.165, 1.54) is 23.0 Å². The number of hydrogen-bond acceptors (Lipinski definition) is 6. The van der Waals surface area contributed by atoms with Crippen LogP contribution in [0, 0.1) is 13.8 Å². The van der Waals surface area contributed by atoms with Gasteiger partial charge in [0.1, 0.15) is 5.82 Å². The Balaban J connectivity index is 1.51. The van der Waals surface area contributed by atoms with Crippen LogP contribution in [0.4, 0.5) is 11.5 Å². The number of carbonyl (C=O) groups is 1. The normalized spacial score (nSPS) is 19.0. The third-order valence-corrected chi connectivity index (χ3v) is 6.51. The third-order valence-electron chi connectivity index (χ3n) is 6.27. The molecular weight excluding hydrogens is 426 g/mol. The maximum atomic E-state index is 11.8. The SMILES string of the molecule is C=C(c1ccc(Cl)cc1N1CCN(C(C)=O)C1O)N1CCN(c2ncc(C)cc2C)CC1. The zero-order chi connectivity index (χ0) is 23.0. The van der Waals surface area contributed by atoms with Gasteiger partial charge in [0.15, 0.2) is 0 Å². The fourth-order valence-electron chi connectivity index (χ4n) is 4.56. The molecule has 2 saturated heterocycles. The van der Waals surface area contributed by atoms with Crippen LogP contribution in [-0.4, -0.2) is 71.4 Å². The molecule has 1 unspecified atom stereocenters. The van der Waals surface area contributed by atoms with Crippen molar-refractivity contribution in [2.45, 2.75) is 27.1 Å². The highest BCUT2D eigenvalue weighted by molar-refractivity contribution is 6.31.